The number of hydrogen-bond acceptors (Lipinski definition) is 7. The number of aromatic nitrogens is 4. The van der Waals surface area contributed by atoms with Crippen LogP contribution < -0.4 is 10.3 Å². The Labute approximate surface area is 182 Å². The lowest BCUT2D eigenvalue weighted by molar-refractivity contribution is 0.0832. The number of carbonyl (C=O) groups is 1. The van der Waals surface area contributed by atoms with Gasteiger partial charge in [-0.05, 0) is 61.6 Å². The Balaban J connectivity index is 1.31. The maximum absolute atomic E-state index is 12.9. The summed E-state index contributed by atoms with van der Waals surface area (Å²) in [4.78, 5) is 27.7. The second-order valence-electron chi connectivity index (χ2n) is 7.89. The topological polar surface area (TPSA) is 81.7 Å². The summed E-state index contributed by atoms with van der Waals surface area (Å²) in [5.41, 5.74) is 1.55. The first-order chi connectivity index (χ1) is 15.1. The largest absolute Gasteiger partial charge is 0.497 e. The molecule has 1 fully saturated rings. The summed E-state index contributed by atoms with van der Waals surface area (Å²) in [5, 5.41) is 10.6. The first-order valence-electron chi connectivity index (χ1n) is 10.3. The minimum Gasteiger partial charge on any atom is -0.497 e. The zero-order chi connectivity index (χ0) is 21.5. The molecule has 160 valence electrons. The van der Waals surface area contributed by atoms with Gasteiger partial charge in [0.05, 0.1) is 19.2 Å². The minimum atomic E-state index is -0.0469. The molecule has 0 N–H and O–H groups in total. The van der Waals surface area contributed by atoms with Crippen LogP contribution in [0.4, 0.5) is 0 Å². The van der Waals surface area contributed by atoms with E-state index in [2.05, 4.69) is 15.1 Å². The van der Waals surface area contributed by atoms with Gasteiger partial charge in [-0.1, -0.05) is 0 Å². The van der Waals surface area contributed by atoms with E-state index >= 15 is 0 Å². The van der Waals surface area contributed by atoms with E-state index in [1.165, 1.54) is 11.3 Å². The molecule has 8 nitrogen and oxygen atoms in total. The lowest BCUT2D eigenvalue weighted by atomic mass is 9.89. The number of methoxy groups -OCH3 is 1. The van der Waals surface area contributed by atoms with Gasteiger partial charge in [0.1, 0.15) is 10.4 Å². The molecule has 1 aliphatic rings. The Hall–Kier alpha value is -3.04. The Bertz CT molecular complexity index is 1310. The van der Waals surface area contributed by atoms with Gasteiger partial charge in [0.25, 0.3) is 5.56 Å². The summed E-state index contributed by atoms with van der Waals surface area (Å²) in [7, 11) is 3.35. The van der Waals surface area contributed by atoms with Crippen LogP contribution in [-0.2, 0) is 13.6 Å². The van der Waals surface area contributed by atoms with E-state index in [9.17, 15) is 9.59 Å². The highest BCUT2D eigenvalue weighted by Gasteiger charge is 2.27. The van der Waals surface area contributed by atoms with Gasteiger partial charge in [0, 0.05) is 18.5 Å². The number of piperidine rings is 1. The number of ether oxygens (including phenoxy) is 1. The van der Waals surface area contributed by atoms with Crippen molar-refractivity contribution in [3.63, 3.8) is 0 Å². The summed E-state index contributed by atoms with van der Waals surface area (Å²) in [6.45, 7) is 2.27. The van der Waals surface area contributed by atoms with Crippen LogP contribution >= 0.6 is 11.3 Å². The molecule has 1 aliphatic heterocycles. The van der Waals surface area contributed by atoms with Crippen molar-refractivity contribution >= 4 is 33.1 Å². The molecule has 0 atom stereocenters. The van der Waals surface area contributed by atoms with Crippen molar-refractivity contribution in [1.29, 1.82) is 0 Å². The van der Waals surface area contributed by atoms with E-state index in [0.717, 1.165) is 48.6 Å². The van der Waals surface area contributed by atoms with Crippen LogP contribution in [0.25, 0.3) is 16.0 Å². The second kappa shape index (κ2) is 7.90. The molecular formula is C22H23N5O3S. The third-order valence-corrected chi connectivity index (χ3v) is 6.99. The molecular weight excluding hydrogens is 414 g/mol. The number of nitrogens with zero attached hydrogens (tertiary/aromatic N) is 5. The first-order valence-corrected chi connectivity index (χ1v) is 11.2. The van der Waals surface area contributed by atoms with Crippen LogP contribution in [0, 0.1) is 5.92 Å². The maximum Gasteiger partial charge on any atom is 0.272 e. The molecule has 0 bridgehead atoms. The van der Waals surface area contributed by atoms with Gasteiger partial charge < -0.3 is 4.74 Å². The number of ketones is 1. The minimum absolute atomic E-state index is 0.0317. The zero-order valence-corrected chi connectivity index (χ0v) is 18.3. The molecule has 0 spiro atoms. The van der Waals surface area contributed by atoms with Crippen molar-refractivity contribution in [2.45, 2.75) is 19.4 Å². The van der Waals surface area contributed by atoms with Crippen LogP contribution in [0.1, 0.15) is 29.0 Å². The molecule has 5 rings (SSSR count). The maximum atomic E-state index is 12.9. The van der Waals surface area contributed by atoms with E-state index in [1.807, 2.05) is 40.1 Å². The van der Waals surface area contributed by atoms with Gasteiger partial charge in [-0.15, -0.1) is 21.5 Å². The van der Waals surface area contributed by atoms with E-state index in [4.69, 9.17) is 4.74 Å². The molecule has 31 heavy (non-hydrogen) atoms. The highest BCUT2D eigenvalue weighted by Crippen LogP contribution is 2.25. The zero-order valence-electron chi connectivity index (χ0n) is 17.4. The number of fused-ring (bicyclic) bond motifs is 3. The van der Waals surface area contributed by atoms with Gasteiger partial charge in [-0.3, -0.25) is 23.5 Å². The monoisotopic (exact) mass is 437 g/mol. The van der Waals surface area contributed by atoms with Gasteiger partial charge in [0.15, 0.2) is 11.6 Å². The average molecular weight is 438 g/mol. The third-order valence-electron chi connectivity index (χ3n) is 6.10. The van der Waals surface area contributed by atoms with Gasteiger partial charge in [0.2, 0.25) is 5.78 Å². The molecule has 1 aromatic carbocycles. The summed E-state index contributed by atoms with van der Waals surface area (Å²) in [6.07, 6.45) is 1.63. The van der Waals surface area contributed by atoms with Crippen molar-refractivity contribution in [3.8, 4) is 5.75 Å². The number of carbonyl (C=O) groups excluding carboxylic acids is 1. The SMILES string of the molecule is COc1ccc(C(=O)C2CCN(Cc3nnc4n(C)c(=O)c5sccc5n34)CC2)cc1. The van der Waals surface area contributed by atoms with Crippen molar-refractivity contribution in [1.82, 2.24) is 24.1 Å². The molecule has 4 aromatic rings. The third kappa shape index (κ3) is 3.43. The van der Waals surface area contributed by atoms with Crippen LogP contribution in [0.2, 0.25) is 0 Å². The Morgan fingerprint density at radius 3 is 2.61 bits per heavy atom. The fourth-order valence-electron chi connectivity index (χ4n) is 4.30. The fourth-order valence-corrected chi connectivity index (χ4v) is 5.15. The fraction of sp³-hybridized carbons (Fsp3) is 0.364. The molecule has 1 saturated heterocycles. The van der Waals surface area contributed by atoms with Crippen LogP contribution in [-0.4, -0.2) is 50.0 Å². The molecule has 0 amide bonds. The summed E-state index contributed by atoms with van der Waals surface area (Å²) in [6, 6.07) is 9.29. The normalized spacial score (nSPS) is 15.7. The molecule has 4 heterocycles. The Morgan fingerprint density at radius 1 is 1.16 bits per heavy atom. The summed E-state index contributed by atoms with van der Waals surface area (Å²) >= 11 is 1.44. The average Bonchev–Trinajstić information content (AvgIpc) is 3.45. The lowest BCUT2D eigenvalue weighted by Crippen LogP contribution is -2.36. The van der Waals surface area contributed by atoms with E-state index < -0.39 is 0 Å². The number of rotatable bonds is 5. The first kappa shape index (κ1) is 19.9. The van der Waals surface area contributed by atoms with E-state index in [0.29, 0.717) is 17.0 Å². The van der Waals surface area contributed by atoms with Crippen molar-refractivity contribution < 1.29 is 9.53 Å². The van der Waals surface area contributed by atoms with Crippen molar-refractivity contribution in [3.05, 3.63) is 57.5 Å². The number of thiophene rings is 1. The van der Waals surface area contributed by atoms with Gasteiger partial charge >= 0.3 is 0 Å². The van der Waals surface area contributed by atoms with Crippen molar-refractivity contribution in [2.24, 2.45) is 13.0 Å². The predicted octanol–water partition coefficient (Wildman–Crippen LogP) is 2.75. The highest BCUT2D eigenvalue weighted by molar-refractivity contribution is 7.17. The smallest absolute Gasteiger partial charge is 0.272 e. The Morgan fingerprint density at radius 2 is 1.90 bits per heavy atom. The van der Waals surface area contributed by atoms with Gasteiger partial charge in [-0.2, -0.15) is 0 Å². The molecule has 9 heteroatoms. The summed E-state index contributed by atoms with van der Waals surface area (Å²) in [5.74, 6) is 2.35. The molecule has 0 unspecified atom stereocenters. The molecule has 0 saturated carbocycles. The lowest BCUT2D eigenvalue weighted by Gasteiger charge is -2.30. The number of hydrogen-bond donors (Lipinski definition) is 0. The van der Waals surface area contributed by atoms with Crippen molar-refractivity contribution in [2.75, 3.05) is 20.2 Å². The number of Topliss-reactive ketones (excluding diaryl/α,β-unsaturated/α-hetero) is 1. The number of aryl methyl sites for hydroxylation is 1. The van der Waals surface area contributed by atoms with E-state index in [1.54, 1.807) is 18.7 Å². The quantitative estimate of drug-likeness (QED) is 0.447. The van der Waals surface area contributed by atoms with Crippen LogP contribution in [0.15, 0.2) is 40.5 Å². The predicted molar refractivity (Wildman–Crippen MR) is 119 cm³/mol. The number of benzene rings is 1. The standard InChI is InChI=1S/C22H23N5O3S/c1-25-21(29)20-17(9-12-31-20)27-18(23-24-22(25)27)13-26-10-7-15(8-11-26)19(28)14-3-5-16(30-2)6-4-14/h3-6,9,12,15H,7-8,10-11,13H2,1-2H3. The molecule has 3 aromatic heterocycles. The second-order valence-corrected chi connectivity index (χ2v) is 8.81. The van der Waals surface area contributed by atoms with Crippen LogP contribution in [0.3, 0.4) is 0 Å². The van der Waals surface area contributed by atoms with E-state index in [-0.39, 0.29) is 17.3 Å². The highest BCUT2D eigenvalue weighted by atomic mass is 32.1. The number of likely N-dealkylation sites (tertiary alicyclic amines) is 1. The summed E-state index contributed by atoms with van der Waals surface area (Å²) < 4.78 is 9.41. The van der Waals surface area contributed by atoms with Crippen LogP contribution in [0.5, 0.6) is 5.75 Å². The molecule has 0 aliphatic carbocycles. The Kier molecular flexibility index (Phi) is 5.07. The van der Waals surface area contributed by atoms with Gasteiger partial charge in [-0.25, -0.2) is 0 Å². The molecule has 0 radical (unpaired) electrons.